The zero-order valence-electron chi connectivity index (χ0n) is 14.8. The third kappa shape index (κ3) is 3.35. The average Bonchev–Trinajstić information content (AvgIpc) is 3.12. The van der Waals surface area contributed by atoms with Gasteiger partial charge >= 0.3 is 0 Å². The monoisotopic (exact) mass is 358 g/mol. The Bertz CT molecular complexity index is 1120. The van der Waals surface area contributed by atoms with Crippen LogP contribution in [-0.2, 0) is 6.54 Å². The number of rotatable bonds is 4. The second kappa shape index (κ2) is 6.87. The third-order valence-electron chi connectivity index (χ3n) is 4.31. The summed E-state index contributed by atoms with van der Waals surface area (Å²) < 4.78 is 1.67. The van der Waals surface area contributed by atoms with Crippen molar-refractivity contribution in [3.8, 4) is 5.69 Å². The lowest BCUT2D eigenvalue weighted by molar-refractivity contribution is 0.0951. The highest BCUT2D eigenvalue weighted by Gasteiger charge is 2.10. The Labute approximate surface area is 155 Å². The number of nitrogen functional groups attached to an aromatic ring is 1. The number of aromatic nitrogens is 4. The second-order valence-corrected chi connectivity index (χ2v) is 6.27. The van der Waals surface area contributed by atoms with Gasteiger partial charge in [0, 0.05) is 12.1 Å². The Morgan fingerprint density at radius 3 is 2.74 bits per heavy atom. The van der Waals surface area contributed by atoms with Gasteiger partial charge in [-0.3, -0.25) is 4.79 Å². The molecule has 0 atom stereocenters. The smallest absolute Gasteiger partial charge is 0.251 e. The molecule has 0 aliphatic rings. The highest BCUT2D eigenvalue weighted by Crippen LogP contribution is 2.19. The van der Waals surface area contributed by atoms with Gasteiger partial charge in [0.05, 0.1) is 17.3 Å². The minimum Gasteiger partial charge on any atom is -0.383 e. The summed E-state index contributed by atoms with van der Waals surface area (Å²) in [5, 5.41) is 7.95. The molecule has 0 radical (unpaired) electrons. The van der Waals surface area contributed by atoms with Crippen molar-refractivity contribution in [1.29, 1.82) is 0 Å². The molecule has 2 aromatic heterocycles. The van der Waals surface area contributed by atoms with Crippen molar-refractivity contribution >= 4 is 22.8 Å². The molecule has 0 aliphatic carbocycles. The summed E-state index contributed by atoms with van der Waals surface area (Å²) in [6.07, 6.45) is 3.04. The zero-order valence-corrected chi connectivity index (χ0v) is 14.8. The summed E-state index contributed by atoms with van der Waals surface area (Å²) in [5.74, 6) is 0.262. The summed E-state index contributed by atoms with van der Waals surface area (Å²) in [7, 11) is 0. The molecule has 1 amide bonds. The number of hydrogen-bond acceptors (Lipinski definition) is 5. The van der Waals surface area contributed by atoms with Crippen LogP contribution in [0, 0.1) is 6.92 Å². The normalized spacial score (nSPS) is 10.9. The van der Waals surface area contributed by atoms with E-state index in [4.69, 9.17) is 5.73 Å². The van der Waals surface area contributed by atoms with Crippen molar-refractivity contribution in [2.75, 3.05) is 5.73 Å². The van der Waals surface area contributed by atoms with Crippen molar-refractivity contribution in [3.63, 3.8) is 0 Å². The molecular weight excluding hydrogens is 340 g/mol. The quantitative estimate of drug-likeness (QED) is 0.584. The molecule has 0 bridgehead atoms. The number of amides is 1. The number of nitrogens with two attached hydrogens (primary N) is 1. The largest absolute Gasteiger partial charge is 0.383 e. The van der Waals surface area contributed by atoms with Crippen molar-refractivity contribution in [2.45, 2.75) is 13.5 Å². The number of benzene rings is 2. The Morgan fingerprint density at radius 1 is 1.15 bits per heavy atom. The highest BCUT2D eigenvalue weighted by molar-refractivity contribution is 5.94. The molecule has 0 aliphatic heterocycles. The molecule has 4 rings (SSSR count). The molecule has 0 fully saturated rings. The predicted molar refractivity (Wildman–Crippen MR) is 103 cm³/mol. The van der Waals surface area contributed by atoms with Crippen LogP contribution in [0.25, 0.3) is 16.7 Å². The Kier molecular flexibility index (Phi) is 4.25. The van der Waals surface area contributed by atoms with Gasteiger partial charge in [0.15, 0.2) is 5.65 Å². The van der Waals surface area contributed by atoms with Gasteiger partial charge in [-0.05, 0) is 36.8 Å². The molecule has 2 aromatic carbocycles. The fraction of sp³-hybridized carbons (Fsp3) is 0.100. The van der Waals surface area contributed by atoms with E-state index in [1.807, 2.05) is 37.3 Å². The minimum atomic E-state index is -0.125. The number of nitrogens with zero attached hydrogens (tertiary/aromatic N) is 4. The number of fused-ring (bicyclic) bond motifs is 1. The molecule has 2 heterocycles. The standard InChI is InChI=1S/C20H18N6O/c1-13-3-2-4-14(9-13)10-22-20(27)15-5-7-16(8-6-15)26-19-17(11-25-26)18(21)23-12-24-19/h2-9,11-12H,10H2,1H3,(H,22,27)(H2,21,23,24). The maximum Gasteiger partial charge on any atom is 0.251 e. The van der Waals surface area contributed by atoms with Crippen LogP contribution in [0.15, 0.2) is 61.1 Å². The first-order valence-electron chi connectivity index (χ1n) is 8.50. The maximum atomic E-state index is 12.4. The van der Waals surface area contributed by atoms with Crippen LogP contribution < -0.4 is 11.1 Å². The van der Waals surface area contributed by atoms with Crippen LogP contribution in [0.3, 0.4) is 0 Å². The SMILES string of the molecule is Cc1cccc(CNC(=O)c2ccc(-n3ncc4c(N)ncnc43)cc2)c1. The number of nitrogens with one attached hydrogen (secondary N) is 1. The van der Waals surface area contributed by atoms with E-state index in [2.05, 4.69) is 26.4 Å². The minimum absolute atomic E-state index is 0.125. The van der Waals surface area contributed by atoms with Crippen molar-refractivity contribution in [1.82, 2.24) is 25.1 Å². The summed E-state index contributed by atoms with van der Waals surface area (Å²) in [5.41, 5.74) is 10.1. The number of carbonyl (C=O) groups is 1. The van der Waals surface area contributed by atoms with Crippen molar-refractivity contribution in [3.05, 3.63) is 77.7 Å². The predicted octanol–water partition coefficient (Wildman–Crippen LogP) is 2.64. The van der Waals surface area contributed by atoms with Crippen molar-refractivity contribution in [2.24, 2.45) is 0 Å². The van der Waals surface area contributed by atoms with Crippen LogP contribution in [0.4, 0.5) is 5.82 Å². The average molecular weight is 358 g/mol. The molecule has 27 heavy (non-hydrogen) atoms. The summed E-state index contributed by atoms with van der Waals surface area (Å²) in [4.78, 5) is 20.6. The van der Waals surface area contributed by atoms with E-state index in [1.54, 1.807) is 23.0 Å². The Morgan fingerprint density at radius 2 is 1.96 bits per heavy atom. The molecule has 0 unspecified atom stereocenters. The number of hydrogen-bond donors (Lipinski definition) is 2. The summed E-state index contributed by atoms with van der Waals surface area (Å²) >= 11 is 0. The molecule has 0 saturated carbocycles. The number of carbonyl (C=O) groups excluding carboxylic acids is 1. The van der Waals surface area contributed by atoms with Gasteiger partial charge in [-0.15, -0.1) is 0 Å². The molecule has 7 nitrogen and oxygen atoms in total. The Balaban J connectivity index is 1.51. The number of anilines is 1. The van der Waals surface area contributed by atoms with E-state index in [0.29, 0.717) is 29.0 Å². The second-order valence-electron chi connectivity index (χ2n) is 6.27. The van der Waals surface area contributed by atoms with Gasteiger partial charge in [-0.2, -0.15) is 5.10 Å². The van der Waals surface area contributed by atoms with Crippen LogP contribution >= 0.6 is 0 Å². The first-order chi connectivity index (χ1) is 13.1. The van der Waals surface area contributed by atoms with E-state index >= 15 is 0 Å². The van der Waals surface area contributed by atoms with E-state index in [-0.39, 0.29) is 5.91 Å². The summed E-state index contributed by atoms with van der Waals surface area (Å²) in [6, 6.07) is 15.2. The molecule has 7 heteroatoms. The van der Waals surface area contributed by atoms with Crippen LogP contribution in [0.5, 0.6) is 0 Å². The fourth-order valence-corrected chi connectivity index (χ4v) is 2.91. The van der Waals surface area contributed by atoms with Crippen molar-refractivity contribution < 1.29 is 4.79 Å². The van der Waals surface area contributed by atoms with Gasteiger partial charge < -0.3 is 11.1 Å². The molecule has 0 saturated heterocycles. The van der Waals surface area contributed by atoms with Gasteiger partial charge in [0.25, 0.3) is 5.91 Å². The molecule has 134 valence electrons. The maximum absolute atomic E-state index is 12.4. The molecular formula is C20H18N6O. The third-order valence-corrected chi connectivity index (χ3v) is 4.31. The van der Waals surface area contributed by atoms with Crippen LogP contribution in [0.1, 0.15) is 21.5 Å². The highest BCUT2D eigenvalue weighted by atomic mass is 16.1. The van der Waals surface area contributed by atoms with Gasteiger partial charge in [-0.1, -0.05) is 29.8 Å². The zero-order chi connectivity index (χ0) is 18.8. The number of aryl methyl sites for hydroxylation is 1. The van der Waals surface area contributed by atoms with Gasteiger partial charge in [-0.25, -0.2) is 14.6 Å². The van der Waals surface area contributed by atoms with Crippen LogP contribution in [-0.4, -0.2) is 25.7 Å². The molecule has 0 spiro atoms. The first kappa shape index (κ1) is 16.7. The van der Waals surface area contributed by atoms with E-state index in [9.17, 15) is 4.79 Å². The summed E-state index contributed by atoms with van der Waals surface area (Å²) in [6.45, 7) is 2.52. The first-order valence-corrected chi connectivity index (χ1v) is 8.50. The Hall–Kier alpha value is -3.74. The van der Waals surface area contributed by atoms with Gasteiger partial charge in [0.2, 0.25) is 0 Å². The van der Waals surface area contributed by atoms with E-state index in [1.165, 1.54) is 11.9 Å². The van der Waals surface area contributed by atoms with Crippen LogP contribution in [0.2, 0.25) is 0 Å². The van der Waals surface area contributed by atoms with E-state index < -0.39 is 0 Å². The lowest BCUT2D eigenvalue weighted by Crippen LogP contribution is -2.22. The van der Waals surface area contributed by atoms with E-state index in [0.717, 1.165) is 11.3 Å². The fourth-order valence-electron chi connectivity index (χ4n) is 2.91. The lowest BCUT2D eigenvalue weighted by atomic mass is 10.1. The topological polar surface area (TPSA) is 98.7 Å². The lowest BCUT2D eigenvalue weighted by Gasteiger charge is -2.08. The van der Waals surface area contributed by atoms with Gasteiger partial charge in [0.1, 0.15) is 12.1 Å². The molecule has 4 aromatic rings. The molecule has 3 N–H and O–H groups in total.